The maximum atomic E-state index is 15.3. The molecule has 228 valence electrons. The molecule has 6 N–H and O–H groups in total. The number of carbonyl (C=O) groups excluding carboxylic acids is 1. The van der Waals surface area contributed by atoms with E-state index in [0.717, 1.165) is 57.6 Å². The lowest BCUT2D eigenvalue weighted by Crippen LogP contribution is -2.60. The van der Waals surface area contributed by atoms with Gasteiger partial charge in [0.15, 0.2) is 0 Å². The second-order valence-corrected chi connectivity index (χ2v) is 11.5. The zero-order valence-electron chi connectivity index (χ0n) is 24.7. The number of piperidine rings is 1. The van der Waals surface area contributed by atoms with Gasteiger partial charge in [0.25, 0.3) is 0 Å². The normalized spacial score (nSPS) is 27.4. The lowest BCUT2D eigenvalue weighted by Gasteiger charge is -2.42. The van der Waals surface area contributed by atoms with Crippen LogP contribution in [0.4, 0.5) is 8.78 Å². The fourth-order valence-corrected chi connectivity index (χ4v) is 6.05. The molecule has 10 heteroatoms. The molecule has 8 nitrogen and oxygen atoms in total. The summed E-state index contributed by atoms with van der Waals surface area (Å²) in [6.07, 6.45) is 7.55. The van der Waals surface area contributed by atoms with Crippen LogP contribution in [0.2, 0.25) is 0 Å². The third kappa shape index (κ3) is 9.14. The molecule has 0 aromatic rings. The molecule has 6 atom stereocenters. The Balaban J connectivity index is 1.63. The Bertz CT molecular complexity index is 878. The van der Waals surface area contributed by atoms with Crippen LogP contribution in [-0.4, -0.2) is 93.0 Å². The Kier molecular flexibility index (Phi) is 13.7. The van der Waals surface area contributed by atoms with E-state index in [1.807, 2.05) is 13.0 Å². The quantitative estimate of drug-likeness (QED) is 0.138. The number of alkyl halides is 2. The molecule has 3 aliphatic heterocycles. The number of amides is 1. The van der Waals surface area contributed by atoms with Crippen molar-refractivity contribution in [3.8, 4) is 0 Å². The van der Waals surface area contributed by atoms with Crippen LogP contribution in [0.5, 0.6) is 0 Å². The number of carbonyl (C=O) groups is 1. The predicted octanol–water partition coefficient (Wildman–Crippen LogP) is 2.88. The van der Waals surface area contributed by atoms with Gasteiger partial charge in [0.2, 0.25) is 5.91 Å². The smallest absolute Gasteiger partial charge is 0.232 e. The number of hydrogen-bond donors (Lipinski definition) is 4. The highest BCUT2D eigenvalue weighted by molar-refractivity contribution is 6.05. The standard InChI is InChI=1S/C30H52F2N6O2/c1-4-8-20(5-2)9-7-10-22(31)15-36-25(6-3)28(29(33)34)30(39)37-26-17-35-16-24(32)27(26)21-11-13-38(14-12-21)23-18-40-19-23/h7,9,11,20,22-24,26-29,35H,4-6,8,10,12-19,33-34H2,1-3H3,(H,37,39). The van der Waals surface area contributed by atoms with E-state index in [1.165, 1.54) is 0 Å². The summed E-state index contributed by atoms with van der Waals surface area (Å²) >= 11 is 0. The molecular formula is C30H52F2N6O2. The van der Waals surface area contributed by atoms with Crippen LogP contribution in [-0.2, 0) is 9.53 Å². The topological polar surface area (TPSA) is 118 Å². The van der Waals surface area contributed by atoms with E-state index in [2.05, 4.69) is 46.5 Å². The number of rotatable bonds is 15. The van der Waals surface area contributed by atoms with Crippen LogP contribution in [0.3, 0.4) is 0 Å². The minimum atomic E-state index is -1.15. The lowest BCUT2D eigenvalue weighted by atomic mass is 9.81. The summed E-state index contributed by atoms with van der Waals surface area (Å²) in [6.45, 7) is 9.93. The molecule has 0 aromatic heterocycles. The van der Waals surface area contributed by atoms with E-state index < -0.39 is 36.4 Å². The average Bonchev–Trinajstić information content (AvgIpc) is 2.90. The van der Waals surface area contributed by atoms with Gasteiger partial charge in [-0.15, -0.1) is 0 Å². The van der Waals surface area contributed by atoms with Crippen LogP contribution < -0.4 is 22.1 Å². The summed E-state index contributed by atoms with van der Waals surface area (Å²) < 4.78 is 35.3. The minimum absolute atomic E-state index is 0.0514. The number of aliphatic imine (C=N–C) groups is 1. The molecular weight excluding hydrogens is 514 g/mol. The second kappa shape index (κ2) is 16.7. The summed E-state index contributed by atoms with van der Waals surface area (Å²) in [6, 6.07) is 0.00411. The molecule has 0 radical (unpaired) electrons. The summed E-state index contributed by atoms with van der Waals surface area (Å²) in [5.74, 6) is -1.23. The van der Waals surface area contributed by atoms with E-state index in [0.29, 0.717) is 30.6 Å². The second-order valence-electron chi connectivity index (χ2n) is 11.5. The molecule has 3 aliphatic rings. The van der Waals surface area contributed by atoms with Gasteiger partial charge in [-0.2, -0.15) is 0 Å². The fraction of sp³-hybridized carbons (Fsp3) is 0.800. The van der Waals surface area contributed by atoms with Crippen LogP contribution >= 0.6 is 0 Å². The van der Waals surface area contributed by atoms with Gasteiger partial charge in [0.05, 0.1) is 38.0 Å². The first-order valence-electron chi connectivity index (χ1n) is 15.3. The fourth-order valence-electron chi connectivity index (χ4n) is 6.05. The summed E-state index contributed by atoms with van der Waals surface area (Å²) in [7, 11) is 0. The number of nitrogens with zero attached hydrogens (tertiary/aromatic N) is 2. The van der Waals surface area contributed by atoms with Crippen molar-refractivity contribution >= 4 is 11.6 Å². The van der Waals surface area contributed by atoms with Gasteiger partial charge in [-0.1, -0.05) is 51.0 Å². The largest absolute Gasteiger partial charge is 0.378 e. The van der Waals surface area contributed by atoms with E-state index in [9.17, 15) is 9.18 Å². The van der Waals surface area contributed by atoms with Crippen molar-refractivity contribution in [3.05, 3.63) is 23.8 Å². The summed E-state index contributed by atoms with van der Waals surface area (Å²) in [4.78, 5) is 20.3. The zero-order chi connectivity index (χ0) is 29.1. The highest BCUT2D eigenvalue weighted by Gasteiger charge is 2.40. The third-order valence-corrected chi connectivity index (χ3v) is 8.56. The van der Waals surface area contributed by atoms with Crippen LogP contribution in [0.25, 0.3) is 0 Å². The number of halogens is 2. The number of allylic oxidation sites excluding steroid dienone is 2. The van der Waals surface area contributed by atoms with E-state index in [1.54, 1.807) is 0 Å². The van der Waals surface area contributed by atoms with Crippen LogP contribution in [0.15, 0.2) is 28.8 Å². The van der Waals surface area contributed by atoms with Gasteiger partial charge in [-0.3, -0.25) is 14.7 Å². The highest BCUT2D eigenvalue weighted by Crippen LogP contribution is 2.30. The Morgan fingerprint density at radius 2 is 2.08 bits per heavy atom. The lowest BCUT2D eigenvalue weighted by molar-refractivity contribution is -0.124. The maximum absolute atomic E-state index is 15.3. The van der Waals surface area contributed by atoms with Gasteiger partial charge in [0, 0.05) is 37.8 Å². The van der Waals surface area contributed by atoms with Crippen molar-refractivity contribution in [2.75, 3.05) is 45.9 Å². The summed E-state index contributed by atoms with van der Waals surface area (Å²) in [5, 5.41) is 6.14. The molecule has 0 spiro atoms. The average molecular weight is 567 g/mol. The Morgan fingerprint density at radius 3 is 2.65 bits per heavy atom. The number of nitrogens with one attached hydrogen (secondary N) is 2. The SMILES string of the molecule is CCCC(C=CCC(F)CN=C(CC)C(C(=O)NC1CNCC(F)C1C1=CCN(C2COC2)CC1)C(N)N)CC. The molecule has 0 aromatic carbocycles. The third-order valence-electron chi connectivity index (χ3n) is 8.56. The first-order valence-corrected chi connectivity index (χ1v) is 15.3. The summed E-state index contributed by atoms with van der Waals surface area (Å²) in [5.41, 5.74) is 13.7. The van der Waals surface area contributed by atoms with Gasteiger partial charge in [-0.25, -0.2) is 8.78 Å². The highest BCUT2D eigenvalue weighted by atomic mass is 19.1. The molecule has 0 saturated carbocycles. The Morgan fingerprint density at radius 1 is 1.30 bits per heavy atom. The van der Waals surface area contributed by atoms with E-state index in [4.69, 9.17) is 16.2 Å². The number of nitrogens with two attached hydrogens (primary N) is 2. The van der Waals surface area contributed by atoms with Crippen molar-refractivity contribution in [2.45, 2.75) is 89.9 Å². The van der Waals surface area contributed by atoms with Crippen molar-refractivity contribution in [1.82, 2.24) is 15.5 Å². The first-order chi connectivity index (χ1) is 19.3. The molecule has 1 amide bonds. The number of hydrogen-bond acceptors (Lipinski definition) is 7. The molecule has 40 heavy (non-hydrogen) atoms. The van der Waals surface area contributed by atoms with Crippen molar-refractivity contribution < 1.29 is 18.3 Å². The monoisotopic (exact) mass is 566 g/mol. The predicted molar refractivity (Wildman–Crippen MR) is 158 cm³/mol. The minimum Gasteiger partial charge on any atom is -0.378 e. The number of ether oxygens (including phenoxy) is 1. The van der Waals surface area contributed by atoms with Gasteiger partial charge in [0.1, 0.15) is 18.3 Å². The Hall–Kier alpha value is -1.72. The van der Waals surface area contributed by atoms with Gasteiger partial charge in [-0.05, 0) is 38.0 Å². The zero-order valence-corrected chi connectivity index (χ0v) is 24.7. The maximum Gasteiger partial charge on any atom is 0.232 e. The Labute approximate surface area is 239 Å². The molecule has 3 rings (SSSR count). The van der Waals surface area contributed by atoms with Crippen molar-refractivity contribution in [1.29, 1.82) is 0 Å². The van der Waals surface area contributed by atoms with E-state index >= 15 is 4.39 Å². The molecule has 0 aliphatic carbocycles. The molecule has 0 bridgehead atoms. The van der Waals surface area contributed by atoms with Gasteiger partial charge < -0.3 is 26.8 Å². The van der Waals surface area contributed by atoms with Crippen LogP contribution in [0, 0.1) is 17.8 Å². The van der Waals surface area contributed by atoms with Crippen molar-refractivity contribution in [3.63, 3.8) is 0 Å². The van der Waals surface area contributed by atoms with Crippen LogP contribution in [0.1, 0.15) is 59.3 Å². The molecule has 3 heterocycles. The van der Waals surface area contributed by atoms with Gasteiger partial charge >= 0.3 is 0 Å². The van der Waals surface area contributed by atoms with E-state index in [-0.39, 0.29) is 25.4 Å². The van der Waals surface area contributed by atoms with Crippen molar-refractivity contribution in [2.24, 2.45) is 34.2 Å². The molecule has 2 saturated heterocycles. The first kappa shape index (κ1) is 32.8. The molecule has 2 fully saturated rings. The molecule has 6 unspecified atom stereocenters.